The van der Waals surface area contributed by atoms with Crippen molar-refractivity contribution in [2.75, 3.05) is 92.4 Å². The van der Waals surface area contributed by atoms with E-state index in [2.05, 4.69) is 10.1 Å². The van der Waals surface area contributed by atoms with Crippen molar-refractivity contribution >= 4 is 17.8 Å². The van der Waals surface area contributed by atoms with Crippen LogP contribution in [0.2, 0.25) is 0 Å². The lowest BCUT2D eigenvalue weighted by molar-refractivity contribution is -0.143. The van der Waals surface area contributed by atoms with Gasteiger partial charge in [-0.2, -0.15) is 0 Å². The molecule has 0 aromatic heterocycles. The first kappa shape index (κ1) is 30.4. The van der Waals surface area contributed by atoms with Gasteiger partial charge in [-0.05, 0) is 12.1 Å². The summed E-state index contributed by atoms with van der Waals surface area (Å²) in [6.45, 7) is 3.59. The van der Waals surface area contributed by atoms with Crippen molar-refractivity contribution in [3.8, 4) is 0 Å². The maximum Gasteiger partial charge on any atom is 0.338 e. The maximum absolute atomic E-state index is 11.7. The quantitative estimate of drug-likeness (QED) is 0.156. The number of amides is 1. The van der Waals surface area contributed by atoms with Crippen LogP contribution in [0.3, 0.4) is 0 Å². The average molecular weight is 502 g/mol. The number of hydrogen-bond acceptors (Lipinski definition) is 10. The van der Waals surface area contributed by atoms with E-state index >= 15 is 0 Å². The Labute approximate surface area is 204 Å². The van der Waals surface area contributed by atoms with Gasteiger partial charge in [-0.3, -0.25) is 4.79 Å². The molecule has 1 aromatic carbocycles. The van der Waals surface area contributed by atoms with Crippen molar-refractivity contribution in [2.45, 2.75) is 0 Å². The van der Waals surface area contributed by atoms with Gasteiger partial charge in [0.05, 0.1) is 71.6 Å². The molecule has 35 heavy (non-hydrogen) atoms. The molecule has 0 saturated carbocycles. The fourth-order valence-corrected chi connectivity index (χ4v) is 2.38. The van der Waals surface area contributed by atoms with Crippen LogP contribution in [0.1, 0.15) is 10.4 Å². The fourth-order valence-electron chi connectivity index (χ4n) is 2.38. The van der Waals surface area contributed by atoms with E-state index in [9.17, 15) is 14.4 Å². The van der Waals surface area contributed by atoms with Crippen LogP contribution in [0.5, 0.6) is 0 Å². The van der Waals surface area contributed by atoms with Gasteiger partial charge in [0.25, 0.3) is 0 Å². The highest BCUT2D eigenvalue weighted by Crippen LogP contribution is 2.00. The fraction of sp³-hybridized carbons (Fsp3) is 0.609. The van der Waals surface area contributed by atoms with E-state index in [4.69, 9.17) is 33.5 Å². The summed E-state index contributed by atoms with van der Waals surface area (Å²) >= 11 is 0. The van der Waals surface area contributed by atoms with E-state index in [1.165, 1.54) is 0 Å². The lowest BCUT2D eigenvalue weighted by atomic mass is 10.2. The van der Waals surface area contributed by atoms with Gasteiger partial charge in [0.1, 0.15) is 19.8 Å². The van der Waals surface area contributed by atoms with Gasteiger partial charge in [-0.25, -0.2) is 9.59 Å². The van der Waals surface area contributed by atoms with Gasteiger partial charge < -0.3 is 43.6 Å². The van der Waals surface area contributed by atoms with Crippen molar-refractivity contribution in [1.29, 1.82) is 0 Å². The Kier molecular flexibility index (Phi) is 19.0. The van der Waals surface area contributed by atoms with Gasteiger partial charge in [0.15, 0.2) is 0 Å². The Morgan fingerprint density at radius 1 is 0.629 bits per heavy atom. The molecule has 1 aromatic rings. The molecule has 1 rings (SSSR count). The zero-order valence-electron chi connectivity index (χ0n) is 19.8. The van der Waals surface area contributed by atoms with E-state index in [0.29, 0.717) is 78.2 Å². The molecule has 198 valence electrons. The lowest BCUT2D eigenvalue weighted by Crippen LogP contribution is -2.31. The molecule has 0 aliphatic rings. The predicted octanol–water partition coefficient (Wildman–Crippen LogP) is 0.144. The third-order valence-corrected chi connectivity index (χ3v) is 3.99. The SMILES string of the molecule is O=C(O)COCC(=O)NCCOCCOCCOCCOCCOCCOC(=O)c1ccccc1. The third-order valence-electron chi connectivity index (χ3n) is 3.99. The molecule has 0 aliphatic heterocycles. The zero-order valence-corrected chi connectivity index (χ0v) is 19.8. The summed E-state index contributed by atoms with van der Waals surface area (Å²) in [5.74, 6) is -1.90. The highest BCUT2D eigenvalue weighted by molar-refractivity contribution is 5.89. The molecule has 12 nitrogen and oxygen atoms in total. The minimum absolute atomic E-state index is 0.185. The summed E-state index contributed by atoms with van der Waals surface area (Å²) in [5.41, 5.74) is 0.511. The average Bonchev–Trinajstić information content (AvgIpc) is 2.85. The second-order valence-corrected chi connectivity index (χ2v) is 6.80. The van der Waals surface area contributed by atoms with Gasteiger partial charge in [0, 0.05) is 6.54 Å². The van der Waals surface area contributed by atoms with Crippen molar-refractivity contribution in [1.82, 2.24) is 5.32 Å². The number of hydrogen-bond donors (Lipinski definition) is 2. The number of aliphatic carboxylic acids is 1. The summed E-state index contributed by atoms with van der Waals surface area (Å²) in [7, 11) is 0. The first-order valence-electron chi connectivity index (χ1n) is 11.3. The van der Waals surface area contributed by atoms with Gasteiger partial charge >= 0.3 is 11.9 Å². The number of carboxylic acid groups (broad SMARTS) is 1. The largest absolute Gasteiger partial charge is 0.480 e. The van der Waals surface area contributed by atoms with Crippen LogP contribution in [-0.4, -0.2) is 115 Å². The molecule has 0 atom stereocenters. The lowest BCUT2D eigenvalue weighted by Gasteiger charge is -2.09. The van der Waals surface area contributed by atoms with E-state index in [0.717, 1.165) is 0 Å². The molecule has 0 spiro atoms. The van der Waals surface area contributed by atoms with Crippen LogP contribution >= 0.6 is 0 Å². The standard InChI is InChI=1S/C23H35NO11/c25-21(18-34-19-22(26)27)24-6-7-29-8-9-30-10-11-31-12-13-32-14-15-33-16-17-35-23(28)20-4-2-1-3-5-20/h1-5H,6-19H2,(H,24,25)(H,26,27). The molecule has 0 bridgehead atoms. The molecule has 0 saturated heterocycles. The molecule has 0 fully saturated rings. The smallest absolute Gasteiger partial charge is 0.338 e. The molecule has 0 radical (unpaired) electrons. The number of rotatable bonds is 23. The van der Waals surface area contributed by atoms with Crippen LogP contribution < -0.4 is 5.32 Å². The van der Waals surface area contributed by atoms with Crippen molar-refractivity contribution in [3.05, 3.63) is 35.9 Å². The summed E-state index contributed by atoms with van der Waals surface area (Å²) in [4.78, 5) is 33.3. The Morgan fingerprint density at radius 2 is 1.11 bits per heavy atom. The number of carboxylic acids is 1. The zero-order chi connectivity index (χ0) is 25.4. The number of benzene rings is 1. The van der Waals surface area contributed by atoms with Gasteiger partial charge in [-0.15, -0.1) is 0 Å². The normalized spacial score (nSPS) is 10.7. The minimum atomic E-state index is -1.13. The number of esters is 1. The van der Waals surface area contributed by atoms with Crippen LogP contribution in [-0.2, 0) is 42.7 Å². The number of carbonyl (C=O) groups is 3. The molecule has 12 heteroatoms. The first-order chi connectivity index (χ1) is 17.1. The minimum Gasteiger partial charge on any atom is -0.480 e. The van der Waals surface area contributed by atoms with E-state index < -0.39 is 18.5 Å². The highest BCUT2D eigenvalue weighted by atomic mass is 16.6. The van der Waals surface area contributed by atoms with Crippen LogP contribution in [0.15, 0.2) is 30.3 Å². The van der Waals surface area contributed by atoms with E-state index in [1.807, 2.05) is 6.07 Å². The van der Waals surface area contributed by atoms with Crippen molar-refractivity contribution in [2.24, 2.45) is 0 Å². The molecular formula is C23H35NO11. The van der Waals surface area contributed by atoms with Gasteiger partial charge in [0.2, 0.25) is 5.91 Å². The first-order valence-corrected chi connectivity index (χ1v) is 11.3. The third kappa shape index (κ3) is 19.4. The summed E-state index contributed by atoms with van der Waals surface area (Å²) in [6, 6.07) is 8.78. The monoisotopic (exact) mass is 501 g/mol. The Hall–Kier alpha value is -2.61. The number of carbonyl (C=O) groups excluding carboxylic acids is 2. The Balaban J connectivity index is 1.73. The van der Waals surface area contributed by atoms with Gasteiger partial charge in [-0.1, -0.05) is 18.2 Å². The highest BCUT2D eigenvalue weighted by Gasteiger charge is 2.05. The van der Waals surface area contributed by atoms with Crippen LogP contribution in [0.4, 0.5) is 0 Å². The molecule has 0 unspecified atom stereocenters. The Morgan fingerprint density at radius 3 is 1.63 bits per heavy atom. The molecule has 2 N–H and O–H groups in total. The maximum atomic E-state index is 11.7. The van der Waals surface area contributed by atoms with Crippen LogP contribution in [0, 0.1) is 0 Å². The summed E-state index contributed by atoms with van der Waals surface area (Å²) in [5, 5.41) is 10.9. The topological polar surface area (TPSA) is 148 Å². The second-order valence-electron chi connectivity index (χ2n) is 6.80. The van der Waals surface area contributed by atoms with E-state index in [-0.39, 0.29) is 19.2 Å². The van der Waals surface area contributed by atoms with Crippen LogP contribution in [0.25, 0.3) is 0 Å². The molecule has 0 heterocycles. The number of nitrogens with one attached hydrogen (secondary N) is 1. The molecule has 0 aliphatic carbocycles. The second kappa shape index (κ2) is 21.9. The van der Waals surface area contributed by atoms with E-state index in [1.54, 1.807) is 24.3 Å². The predicted molar refractivity (Wildman–Crippen MR) is 122 cm³/mol. The Bertz CT molecular complexity index is 687. The van der Waals surface area contributed by atoms with Crippen molar-refractivity contribution in [3.63, 3.8) is 0 Å². The molecular weight excluding hydrogens is 466 g/mol. The number of ether oxygens (including phenoxy) is 7. The summed E-state index contributed by atoms with van der Waals surface area (Å²) in [6.07, 6.45) is 0. The van der Waals surface area contributed by atoms with Crippen molar-refractivity contribution < 1.29 is 52.6 Å². The summed E-state index contributed by atoms with van der Waals surface area (Å²) < 4.78 is 36.5. The molecule has 1 amide bonds.